The summed E-state index contributed by atoms with van der Waals surface area (Å²) in [6, 6.07) is 32.8. The third-order valence-electron chi connectivity index (χ3n) is 6.98. The molecular formula is C27H28O2P+. The molecule has 1 fully saturated rings. The van der Waals surface area contributed by atoms with Gasteiger partial charge >= 0.3 is 0 Å². The first kappa shape index (κ1) is 19.7. The van der Waals surface area contributed by atoms with E-state index >= 15 is 0 Å². The molecule has 0 aromatic heterocycles. The molecule has 3 aromatic carbocycles. The van der Waals surface area contributed by atoms with Crippen LogP contribution >= 0.6 is 7.26 Å². The van der Waals surface area contributed by atoms with E-state index in [9.17, 15) is 10.2 Å². The van der Waals surface area contributed by atoms with Crippen LogP contribution < -0.4 is 15.9 Å². The third kappa shape index (κ3) is 3.24. The van der Waals surface area contributed by atoms with Gasteiger partial charge in [0.1, 0.15) is 23.2 Å². The summed E-state index contributed by atoms with van der Waals surface area (Å²) >= 11 is 0. The first-order valence-electron chi connectivity index (χ1n) is 10.8. The molecule has 2 aliphatic carbocycles. The summed E-state index contributed by atoms with van der Waals surface area (Å²) in [5.74, 6) is 0.449. The Kier molecular flexibility index (Phi) is 5.33. The molecule has 3 aromatic rings. The molecule has 0 unspecified atom stereocenters. The van der Waals surface area contributed by atoms with E-state index in [2.05, 4.69) is 97.1 Å². The van der Waals surface area contributed by atoms with Crippen molar-refractivity contribution in [2.75, 3.05) is 6.16 Å². The van der Waals surface area contributed by atoms with Crippen molar-refractivity contribution in [3.63, 3.8) is 0 Å². The van der Waals surface area contributed by atoms with Gasteiger partial charge < -0.3 is 10.2 Å². The van der Waals surface area contributed by atoms with E-state index in [-0.39, 0.29) is 11.8 Å². The van der Waals surface area contributed by atoms with Gasteiger partial charge in [-0.2, -0.15) is 0 Å². The van der Waals surface area contributed by atoms with Crippen molar-refractivity contribution in [3.8, 4) is 0 Å². The maximum absolute atomic E-state index is 10.5. The average Bonchev–Trinajstić information content (AvgIpc) is 3.33. The first-order valence-corrected chi connectivity index (χ1v) is 12.8. The minimum Gasteiger partial charge on any atom is -0.390 e. The van der Waals surface area contributed by atoms with Gasteiger partial charge in [0.05, 0.1) is 18.4 Å². The number of hydrogen-bond donors (Lipinski definition) is 2. The Balaban J connectivity index is 1.67. The molecular weight excluding hydrogens is 387 g/mol. The highest BCUT2D eigenvalue weighted by Gasteiger charge is 2.51. The van der Waals surface area contributed by atoms with Crippen molar-refractivity contribution >= 4 is 23.2 Å². The fourth-order valence-electron chi connectivity index (χ4n) is 5.49. The molecule has 0 amide bonds. The minimum atomic E-state index is -1.92. The minimum absolute atomic E-state index is 0.166. The SMILES string of the molecule is O[C@@H]1[C@@H]2CC=C(C[P+](c3ccccc3)(c3ccccc3)c3ccccc3)[C@@H]2C[C@@H]1O. The monoisotopic (exact) mass is 415 g/mol. The van der Waals surface area contributed by atoms with Crippen LogP contribution in [0.5, 0.6) is 0 Å². The topological polar surface area (TPSA) is 40.5 Å². The number of hydrogen-bond acceptors (Lipinski definition) is 2. The fraction of sp³-hybridized carbons (Fsp3) is 0.259. The van der Waals surface area contributed by atoms with E-state index in [4.69, 9.17) is 0 Å². The number of aliphatic hydroxyl groups is 2. The summed E-state index contributed by atoms with van der Waals surface area (Å²) in [6.07, 6.45) is 3.68. The van der Waals surface area contributed by atoms with Crippen molar-refractivity contribution < 1.29 is 10.2 Å². The number of rotatable bonds is 5. The molecule has 30 heavy (non-hydrogen) atoms. The molecule has 2 aliphatic rings. The molecule has 4 atom stereocenters. The smallest absolute Gasteiger partial charge is 0.116 e. The van der Waals surface area contributed by atoms with Gasteiger partial charge in [-0.1, -0.05) is 60.7 Å². The third-order valence-corrected chi connectivity index (χ3v) is 11.4. The Hall–Kier alpha value is -2.25. The Morgan fingerprint density at radius 2 is 1.17 bits per heavy atom. The van der Waals surface area contributed by atoms with Gasteiger partial charge in [0.15, 0.2) is 0 Å². The summed E-state index contributed by atoms with van der Waals surface area (Å²) in [5.41, 5.74) is 1.42. The van der Waals surface area contributed by atoms with E-state index in [0.29, 0.717) is 6.42 Å². The van der Waals surface area contributed by atoms with Crippen molar-refractivity contribution in [1.82, 2.24) is 0 Å². The van der Waals surface area contributed by atoms with E-state index in [1.165, 1.54) is 21.5 Å². The van der Waals surface area contributed by atoms with Crippen LogP contribution in [0, 0.1) is 11.8 Å². The Labute approximate surface area is 179 Å². The van der Waals surface area contributed by atoms with Gasteiger partial charge in [-0.3, -0.25) is 0 Å². The quantitative estimate of drug-likeness (QED) is 0.493. The normalized spacial score (nSPS) is 25.7. The lowest BCUT2D eigenvalue weighted by Crippen LogP contribution is -2.34. The van der Waals surface area contributed by atoms with Gasteiger partial charge in [-0.15, -0.1) is 0 Å². The Morgan fingerprint density at radius 1 is 0.700 bits per heavy atom. The molecule has 2 nitrogen and oxygen atoms in total. The highest BCUT2D eigenvalue weighted by Crippen LogP contribution is 2.59. The Bertz CT molecular complexity index is 920. The van der Waals surface area contributed by atoms with Crippen LogP contribution in [-0.2, 0) is 0 Å². The number of allylic oxidation sites excluding steroid dienone is 2. The standard InChI is InChI=1S/C27H28O2P/c28-26-18-25-20(16-17-24(25)27(26)29)19-30(21-10-4-1-5-11-21,22-12-6-2-7-13-22)23-14-8-3-9-15-23/h1-16,24-29H,17-19H2/q+1/t24-,25+,26+,27-/m1/s1. The van der Waals surface area contributed by atoms with Crippen LogP contribution in [0.3, 0.4) is 0 Å². The van der Waals surface area contributed by atoms with Crippen LogP contribution in [0.15, 0.2) is 103 Å². The van der Waals surface area contributed by atoms with Crippen LogP contribution in [-0.4, -0.2) is 28.6 Å². The van der Waals surface area contributed by atoms with Crippen molar-refractivity contribution in [2.45, 2.75) is 25.0 Å². The number of benzene rings is 3. The second-order valence-corrected chi connectivity index (χ2v) is 12.0. The molecule has 1 saturated carbocycles. The lowest BCUT2D eigenvalue weighted by molar-refractivity contribution is 0.0211. The summed E-state index contributed by atoms with van der Waals surface area (Å²) in [4.78, 5) is 0. The summed E-state index contributed by atoms with van der Waals surface area (Å²) < 4.78 is 0. The second kappa shape index (κ2) is 8.12. The zero-order valence-corrected chi connectivity index (χ0v) is 17.9. The highest BCUT2D eigenvalue weighted by atomic mass is 31.2. The number of fused-ring (bicyclic) bond motifs is 1. The largest absolute Gasteiger partial charge is 0.390 e. The van der Waals surface area contributed by atoms with Gasteiger partial charge in [0.2, 0.25) is 0 Å². The van der Waals surface area contributed by atoms with Crippen molar-refractivity contribution in [2.24, 2.45) is 11.8 Å². The van der Waals surface area contributed by atoms with Crippen molar-refractivity contribution in [1.29, 1.82) is 0 Å². The molecule has 3 heteroatoms. The molecule has 152 valence electrons. The average molecular weight is 415 g/mol. The lowest BCUT2D eigenvalue weighted by atomic mass is 9.95. The Morgan fingerprint density at radius 3 is 1.63 bits per heavy atom. The summed E-state index contributed by atoms with van der Waals surface area (Å²) in [5, 5.41) is 24.9. The van der Waals surface area contributed by atoms with Gasteiger partial charge in [-0.25, -0.2) is 0 Å². The number of aliphatic hydroxyl groups excluding tert-OH is 2. The zero-order valence-electron chi connectivity index (χ0n) is 17.0. The first-order chi connectivity index (χ1) is 14.7. The van der Waals surface area contributed by atoms with Crippen LogP contribution in [0.1, 0.15) is 12.8 Å². The molecule has 0 aliphatic heterocycles. The predicted octanol–water partition coefficient (Wildman–Crippen LogP) is 3.67. The van der Waals surface area contributed by atoms with E-state index in [0.717, 1.165) is 12.6 Å². The lowest BCUT2D eigenvalue weighted by Gasteiger charge is -2.29. The van der Waals surface area contributed by atoms with Crippen LogP contribution in [0.25, 0.3) is 0 Å². The molecule has 0 heterocycles. The molecule has 0 saturated heterocycles. The molecule has 2 N–H and O–H groups in total. The van der Waals surface area contributed by atoms with Crippen LogP contribution in [0.2, 0.25) is 0 Å². The van der Waals surface area contributed by atoms with E-state index in [1.54, 1.807) is 0 Å². The summed E-state index contributed by atoms with van der Waals surface area (Å²) in [7, 11) is -1.92. The van der Waals surface area contributed by atoms with Crippen molar-refractivity contribution in [3.05, 3.63) is 103 Å². The summed E-state index contributed by atoms with van der Waals surface area (Å²) in [6.45, 7) is 0. The zero-order chi connectivity index (χ0) is 20.6. The van der Waals surface area contributed by atoms with Gasteiger partial charge in [0, 0.05) is 0 Å². The van der Waals surface area contributed by atoms with Crippen LogP contribution in [0.4, 0.5) is 0 Å². The molecule has 0 spiro atoms. The molecule has 0 bridgehead atoms. The fourth-order valence-corrected chi connectivity index (χ4v) is 9.89. The highest BCUT2D eigenvalue weighted by molar-refractivity contribution is 7.95. The molecule has 5 rings (SSSR count). The maximum Gasteiger partial charge on any atom is 0.116 e. The van der Waals surface area contributed by atoms with E-state index in [1.807, 2.05) is 0 Å². The molecule has 0 radical (unpaired) electrons. The predicted molar refractivity (Wildman–Crippen MR) is 126 cm³/mol. The van der Waals surface area contributed by atoms with Gasteiger partial charge in [-0.05, 0) is 66.6 Å². The maximum atomic E-state index is 10.5. The van der Waals surface area contributed by atoms with E-state index < -0.39 is 19.5 Å². The van der Waals surface area contributed by atoms with Gasteiger partial charge in [0.25, 0.3) is 0 Å². The second-order valence-electron chi connectivity index (χ2n) is 8.55.